The third-order valence-electron chi connectivity index (χ3n) is 4.86. The molecule has 1 fully saturated rings. The van der Waals surface area contributed by atoms with Crippen LogP contribution in [0.5, 0.6) is 5.75 Å². The second-order valence-electron chi connectivity index (χ2n) is 7.71. The lowest BCUT2D eigenvalue weighted by molar-refractivity contribution is -0.134. The molecule has 0 bridgehead atoms. The summed E-state index contributed by atoms with van der Waals surface area (Å²) in [6, 6.07) is 4.38. The average molecular weight is 398 g/mol. The number of anilines is 1. The van der Waals surface area contributed by atoms with Crippen LogP contribution in [0.3, 0.4) is 0 Å². The maximum Gasteiger partial charge on any atom is 0.246 e. The van der Waals surface area contributed by atoms with Crippen molar-refractivity contribution in [3.63, 3.8) is 0 Å². The molecule has 1 amide bonds. The zero-order valence-electron chi connectivity index (χ0n) is 17.0. The Morgan fingerprint density at radius 2 is 1.85 bits per heavy atom. The fourth-order valence-electron chi connectivity index (χ4n) is 3.59. The molecule has 152 valence electrons. The van der Waals surface area contributed by atoms with E-state index >= 15 is 0 Å². The normalized spacial score (nSPS) is 21.8. The number of sulfonamides is 1. The van der Waals surface area contributed by atoms with Gasteiger partial charge in [-0.3, -0.25) is 4.79 Å². The van der Waals surface area contributed by atoms with Crippen molar-refractivity contribution in [2.24, 2.45) is 11.8 Å². The predicted molar refractivity (Wildman–Crippen MR) is 106 cm³/mol. The van der Waals surface area contributed by atoms with Crippen molar-refractivity contribution in [3.8, 4) is 5.75 Å². The van der Waals surface area contributed by atoms with Gasteiger partial charge in [0.25, 0.3) is 0 Å². The largest absolute Gasteiger partial charge is 0.495 e. The van der Waals surface area contributed by atoms with Crippen molar-refractivity contribution in [3.05, 3.63) is 18.2 Å². The first-order chi connectivity index (χ1) is 12.6. The number of rotatable bonds is 6. The van der Waals surface area contributed by atoms with Gasteiger partial charge >= 0.3 is 0 Å². The first kappa shape index (κ1) is 21.5. The second-order valence-corrected chi connectivity index (χ2v) is 9.83. The van der Waals surface area contributed by atoms with Gasteiger partial charge < -0.3 is 15.0 Å². The molecule has 8 heteroatoms. The van der Waals surface area contributed by atoms with E-state index in [1.807, 2.05) is 4.90 Å². The number of likely N-dealkylation sites (tertiary alicyclic amines) is 1. The highest BCUT2D eigenvalue weighted by Gasteiger charge is 2.29. The molecule has 7 nitrogen and oxygen atoms in total. The Kier molecular flexibility index (Phi) is 6.75. The summed E-state index contributed by atoms with van der Waals surface area (Å²) in [5, 5.41) is 3.14. The molecule has 0 aromatic heterocycles. The van der Waals surface area contributed by atoms with Gasteiger partial charge in [-0.25, -0.2) is 12.7 Å². The summed E-state index contributed by atoms with van der Waals surface area (Å²) in [4.78, 5) is 14.8. The summed E-state index contributed by atoms with van der Waals surface area (Å²) < 4.78 is 31.4. The Hall–Kier alpha value is -1.80. The van der Waals surface area contributed by atoms with Gasteiger partial charge in [0.15, 0.2) is 0 Å². The number of nitrogens with one attached hydrogen (secondary N) is 1. The quantitative estimate of drug-likeness (QED) is 0.796. The standard InChI is InChI=1S/C19H31N3O4S/c1-13-9-14(2)12-22(11-13)19(23)15(3)20-16-7-8-17(26-6)18(10-16)27(24,25)21(4)5/h7-8,10,13-15,20H,9,11-12H2,1-6H3/t13-,14+,15-/m0/s1. The van der Waals surface area contributed by atoms with Gasteiger partial charge in [-0.1, -0.05) is 13.8 Å². The van der Waals surface area contributed by atoms with Crippen LogP contribution in [0, 0.1) is 11.8 Å². The molecule has 0 radical (unpaired) electrons. The van der Waals surface area contributed by atoms with Crippen molar-refractivity contribution in [1.29, 1.82) is 0 Å². The van der Waals surface area contributed by atoms with Crippen molar-refractivity contribution in [1.82, 2.24) is 9.21 Å². The van der Waals surface area contributed by atoms with Crippen LogP contribution < -0.4 is 10.1 Å². The van der Waals surface area contributed by atoms with E-state index in [9.17, 15) is 13.2 Å². The zero-order chi connectivity index (χ0) is 20.4. The molecule has 27 heavy (non-hydrogen) atoms. The SMILES string of the molecule is COc1ccc(N[C@@H](C)C(=O)N2C[C@H](C)C[C@H](C)C2)cc1S(=O)(=O)N(C)C. The van der Waals surface area contributed by atoms with E-state index in [1.165, 1.54) is 27.3 Å². The minimum atomic E-state index is -3.66. The van der Waals surface area contributed by atoms with Gasteiger partial charge in [0.05, 0.1) is 7.11 Å². The minimum absolute atomic E-state index is 0.0289. The Labute approximate surface area is 162 Å². The highest BCUT2D eigenvalue weighted by atomic mass is 32.2. The van der Waals surface area contributed by atoms with Crippen LogP contribution in [0.15, 0.2) is 23.1 Å². The topological polar surface area (TPSA) is 79.0 Å². The molecule has 2 rings (SSSR count). The monoisotopic (exact) mass is 397 g/mol. The fraction of sp³-hybridized carbons (Fsp3) is 0.632. The van der Waals surface area contributed by atoms with Crippen molar-refractivity contribution < 1.29 is 17.9 Å². The molecule has 1 aliphatic rings. The van der Waals surface area contributed by atoms with E-state index in [4.69, 9.17) is 4.74 Å². The molecular formula is C19H31N3O4S. The molecule has 0 aliphatic carbocycles. The summed E-state index contributed by atoms with van der Waals surface area (Å²) in [7, 11) is 0.716. The highest BCUT2D eigenvalue weighted by molar-refractivity contribution is 7.89. The van der Waals surface area contributed by atoms with Crippen LogP contribution >= 0.6 is 0 Å². The number of benzene rings is 1. The number of hydrogen-bond donors (Lipinski definition) is 1. The number of nitrogens with zero attached hydrogens (tertiary/aromatic N) is 2. The van der Waals surface area contributed by atoms with Crippen LogP contribution in [0.2, 0.25) is 0 Å². The summed E-state index contributed by atoms with van der Waals surface area (Å²) in [5.41, 5.74) is 0.565. The molecular weight excluding hydrogens is 366 g/mol. The summed E-state index contributed by atoms with van der Waals surface area (Å²) >= 11 is 0. The summed E-state index contributed by atoms with van der Waals surface area (Å²) in [6.45, 7) is 7.65. The molecule has 1 aromatic carbocycles. The number of carbonyl (C=O) groups excluding carboxylic acids is 1. The van der Waals surface area contributed by atoms with E-state index in [1.54, 1.807) is 19.1 Å². The van der Waals surface area contributed by atoms with Gasteiger partial charge in [0.2, 0.25) is 15.9 Å². The summed E-state index contributed by atoms with van der Waals surface area (Å²) in [6.07, 6.45) is 1.13. The second kappa shape index (κ2) is 8.48. The fourth-order valence-corrected chi connectivity index (χ4v) is 4.67. The molecule has 1 heterocycles. The average Bonchev–Trinajstić information content (AvgIpc) is 2.59. The maximum atomic E-state index is 12.8. The lowest BCUT2D eigenvalue weighted by Crippen LogP contribution is -2.48. The molecule has 1 aromatic rings. The Bertz CT molecular complexity index is 769. The van der Waals surface area contributed by atoms with Crippen molar-refractivity contribution in [2.75, 3.05) is 39.6 Å². The third-order valence-corrected chi connectivity index (χ3v) is 6.69. The van der Waals surface area contributed by atoms with Crippen molar-refractivity contribution in [2.45, 2.75) is 38.1 Å². The lowest BCUT2D eigenvalue weighted by atomic mass is 9.91. The van der Waals surface area contributed by atoms with Gasteiger partial charge in [-0.05, 0) is 43.4 Å². The third kappa shape index (κ3) is 4.93. The van der Waals surface area contributed by atoms with Gasteiger partial charge in [-0.15, -0.1) is 0 Å². The highest BCUT2D eigenvalue weighted by Crippen LogP contribution is 2.29. The maximum absolute atomic E-state index is 12.8. The van der Waals surface area contributed by atoms with Crippen molar-refractivity contribution >= 4 is 21.6 Å². The molecule has 0 spiro atoms. The molecule has 1 aliphatic heterocycles. The number of piperidine rings is 1. The first-order valence-corrected chi connectivity index (χ1v) is 10.7. The van der Waals surface area contributed by atoms with Crippen LogP contribution in [0.25, 0.3) is 0 Å². The number of carbonyl (C=O) groups is 1. The van der Waals surface area contributed by atoms with Gasteiger partial charge in [-0.2, -0.15) is 0 Å². The van der Waals surface area contributed by atoms with Gasteiger partial charge in [0, 0.05) is 32.9 Å². The number of amides is 1. The Balaban J connectivity index is 2.20. The number of methoxy groups -OCH3 is 1. The van der Waals surface area contributed by atoms with Crippen LogP contribution in [0.4, 0.5) is 5.69 Å². The van der Waals surface area contributed by atoms with Gasteiger partial charge in [0.1, 0.15) is 16.7 Å². The van der Waals surface area contributed by atoms with E-state index in [2.05, 4.69) is 19.2 Å². The zero-order valence-corrected chi connectivity index (χ0v) is 17.8. The van der Waals surface area contributed by atoms with Crippen LogP contribution in [-0.2, 0) is 14.8 Å². The predicted octanol–water partition coefficient (Wildman–Crippen LogP) is 2.25. The molecule has 1 saturated heterocycles. The molecule has 0 saturated carbocycles. The molecule has 0 unspecified atom stereocenters. The van der Waals surface area contributed by atoms with Crippen LogP contribution in [-0.4, -0.2) is 63.9 Å². The van der Waals surface area contributed by atoms with E-state index < -0.39 is 16.1 Å². The number of ether oxygens (including phenoxy) is 1. The summed E-state index contributed by atoms with van der Waals surface area (Å²) in [5.74, 6) is 1.28. The van der Waals surface area contributed by atoms with Crippen LogP contribution in [0.1, 0.15) is 27.2 Å². The van der Waals surface area contributed by atoms with E-state index in [0.717, 1.165) is 23.8 Å². The Morgan fingerprint density at radius 3 is 2.37 bits per heavy atom. The molecule has 1 N–H and O–H groups in total. The molecule has 3 atom stereocenters. The number of hydrogen-bond acceptors (Lipinski definition) is 5. The van der Waals surface area contributed by atoms with E-state index in [0.29, 0.717) is 17.5 Å². The first-order valence-electron chi connectivity index (χ1n) is 9.22. The minimum Gasteiger partial charge on any atom is -0.495 e. The van der Waals surface area contributed by atoms with E-state index in [-0.39, 0.29) is 16.6 Å². The Morgan fingerprint density at radius 1 is 1.26 bits per heavy atom. The lowest BCUT2D eigenvalue weighted by Gasteiger charge is -2.36. The smallest absolute Gasteiger partial charge is 0.246 e.